The lowest BCUT2D eigenvalue weighted by Crippen LogP contribution is -2.35. The number of fused-ring (bicyclic) bond motifs is 1. The van der Waals surface area contributed by atoms with Crippen LogP contribution in [0.1, 0.15) is 35.0 Å². The second kappa shape index (κ2) is 7.21. The Morgan fingerprint density at radius 2 is 2.16 bits per heavy atom. The fraction of sp³-hybridized carbons (Fsp3) is 0.278. The van der Waals surface area contributed by atoms with Gasteiger partial charge in [-0.25, -0.2) is 4.79 Å². The number of ether oxygens (including phenoxy) is 1. The smallest absolute Gasteiger partial charge is 0.338 e. The van der Waals surface area contributed by atoms with E-state index >= 15 is 0 Å². The maximum atomic E-state index is 12.2. The number of carbonyl (C=O) groups is 3. The highest BCUT2D eigenvalue weighted by molar-refractivity contribution is 5.96. The quantitative estimate of drug-likeness (QED) is 0.810. The summed E-state index contributed by atoms with van der Waals surface area (Å²) in [5.74, 6) is -0.413. The summed E-state index contributed by atoms with van der Waals surface area (Å²) in [6.45, 7) is 1.74. The molecule has 130 valence electrons. The number of benzene rings is 1. The number of amides is 2. The van der Waals surface area contributed by atoms with Crippen LogP contribution in [0.25, 0.3) is 0 Å². The minimum Gasteiger partial charge on any atom is -0.467 e. The summed E-state index contributed by atoms with van der Waals surface area (Å²) in [5, 5.41) is 5.39. The Balaban J connectivity index is 1.57. The monoisotopic (exact) mass is 342 g/mol. The van der Waals surface area contributed by atoms with Crippen LogP contribution in [0.3, 0.4) is 0 Å². The summed E-state index contributed by atoms with van der Waals surface area (Å²) >= 11 is 0. The van der Waals surface area contributed by atoms with Crippen LogP contribution in [-0.4, -0.2) is 23.9 Å². The fourth-order valence-corrected chi connectivity index (χ4v) is 2.52. The third-order valence-corrected chi connectivity index (χ3v) is 3.91. The third-order valence-electron chi connectivity index (χ3n) is 3.91. The third kappa shape index (κ3) is 4.06. The molecule has 2 heterocycles. The molecule has 1 aliphatic heterocycles. The van der Waals surface area contributed by atoms with E-state index in [0.29, 0.717) is 29.9 Å². The number of carbonyl (C=O) groups excluding carboxylic acids is 3. The van der Waals surface area contributed by atoms with Gasteiger partial charge in [0.05, 0.1) is 18.4 Å². The van der Waals surface area contributed by atoms with Gasteiger partial charge in [-0.2, -0.15) is 0 Å². The summed E-state index contributed by atoms with van der Waals surface area (Å²) < 4.78 is 10.3. The van der Waals surface area contributed by atoms with Crippen LogP contribution in [0.5, 0.6) is 0 Å². The first-order valence-corrected chi connectivity index (χ1v) is 7.97. The highest BCUT2D eigenvalue weighted by atomic mass is 16.5. The van der Waals surface area contributed by atoms with E-state index in [2.05, 4.69) is 10.6 Å². The number of rotatable bonds is 5. The second-order valence-electron chi connectivity index (χ2n) is 5.76. The van der Waals surface area contributed by atoms with Gasteiger partial charge in [0.2, 0.25) is 5.91 Å². The van der Waals surface area contributed by atoms with Crippen molar-refractivity contribution in [3.63, 3.8) is 0 Å². The van der Waals surface area contributed by atoms with Crippen LogP contribution in [0.4, 0.5) is 5.69 Å². The van der Waals surface area contributed by atoms with Crippen molar-refractivity contribution in [3.8, 4) is 0 Å². The van der Waals surface area contributed by atoms with Gasteiger partial charge in [-0.3, -0.25) is 9.59 Å². The average molecular weight is 342 g/mol. The molecule has 0 saturated heterocycles. The number of hydrogen-bond acceptors (Lipinski definition) is 5. The first-order chi connectivity index (χ1) is 12.0. The van der Waals surface area contributed by atoms with Gasteiger partial charge in [-0.15, -0.1) is 0 Å². The van der Waals surface area contributed by atoms with Crippen molar-refractivity contribution in [1.29, 1.82) is 0 Å². The molecule has 0 bridgehead atoms. The lowest BCUT2D eigenvalue weighted by molar-refractivity contribution is -0.129. The predicted octanol–water partition coefficient (Wildman–Crippen LogP) is 2.03. The molecule has 0 aliphatic carbocycles. The van der Waals surface area contributed by atoms with E-state index in [4.69, 9.17) is 9.15 Å². The molecule has 1 aromatic heterocycles. The molecular weight excluding hydrogens is 324 g/mol. The molecular formula is C18H18N2O5. The van der Waals surface area contributed by atoms with E-state index in [1.807, 2.05) is 0 Å². The molecule has 1 atom stereocenters. The summed E-state index contributed by atoms with van der Waals surface area (Å²) in [5.41, 5.74) is 1.93. The molecule has 0 radical (unpaired) electrons. The maximum absolute atomic E-state index is 12.2. The zero-order chi connectivity index (χ0) is 17.8. The van der Waals surface area contributed by atoms with E-state index in [0.717, 1.165) is 5.56 Å². The molecule has 0 unspecified atom stereocenters. The second-order valence-corrected chi connectivity index (χ2v) is 5.76. The summed E-state index contributed by atoms with van der Waals surface area (Å²) in [7, 11) is 0. The largest absolute Gasteiger partial charge is 0.467 e. The van der Waals surface area contributed by atoms with Crippen molar-refractivity contribution < 1.29 is 23.5 Å². The van der Waals surface area contributed by atoms with Crippen LogP contribution >= 0.6 is 0 Å². The fourth-order valence-electron chi connectivity index (χ4n) is 2.52. The molecule has 0 saturated carbocycles. The lowest BCUT2D eigenvalue weighted by atomic mass is 10.0. The molecule has 1 aliphatic rings. The number of hydrogen-bond donors (Lipinski definition) is 2. The Hall–Kier alpha value is -3.09. The van der Waals surface area contributed by atoms with Crippen LogP contribution in [0, 0.1) is 0 Å². The van der Waals surface area contributed by atoms with Gasteiger partial charge in [0.15, 0.2) is 6.10 Å². The van der Waals surface area contributed by atoms with Gasteiger partial charge in [-0.05, 0) is 49.2 Å². The van der Waals surface area contributed by atoms with Crippen molar-refractivity contribution in [3.05, 3.63) is 53.5 Å². The minimum absolute atomic E-state index is 0.0373. The highest BCUT2D eigenvalue weighted by Crippen LogP contribution is 2.24. The van der Waals surface area contributed by atoms with Gasteiger partial charge >= 0.3 is 5.97 Å². The van der Waals surface area contributed by atoms with Crippen LogP contribution in [-0.2, 0) is 27.3 Å². The number of nitrogens with one attached hydrogen (secondary N) is 2. The van der Waals surface area contributed by atoms with Gasteiger partial charge in [0, 0.05) is 12.1 Å². The van der Waals surface area contributed by atoms with Crippen LogP contribution in [0.15, 0.2) is 41.0 Å². The first-order valence-electron chi connectivity index (χ1n) is 7.97. The Morgan fingerprint density at radius 1 is 1.32 bits per heavy atom. The summed E-state index contributed by atoms with van der Waals surface area (Å²) in [6, 6.07) is 8.39. The van der Waals surface area contributed by atoms with Crippen LogP contribution in [0.2, 0.25) is 0 Å². The van der Waals surface area contributed by atoms with Crippen molar-refractivity contribution in [2.45, 2.75) is 32.4 Å². The molecule has 7 heteroatoms. The Morgan fingerprint density at radius 3 is 2.92 bits per heavy atom. The molecule has 2 aromatic rings. The lowest BCUT2D eigenvalue weighted by Gasteiger charge is -2.18. The van der Waals surface area contributed by atoms with E-state index in [1.165, 1.54) is 13.2 Å². The summed E-state index contributed by atoms with van der Waals surface area (Å²) in [6.07, 6.45) is 1.54. The molecule has 0 fully saturated rings. The summed E-state index contributed by atoms with van der Waals surface area (Å²) in [4.78, 5) is 35.6. The maximum Gasteiger partial charge on any atom is 0.338 e. The Bertz CT molecular complexity index is 798. The van der Waals surface area contributed by atoms with Gasteiger partial charge < -0.3 is 19.8 Å². The van der Waals surface area contributed by atoms with Crippen molar-refractivity contribution >= 4 is 23.5 Å². The molecule has 0 spiro atoms. The zero-order valence-corrected chi connectivity index (χ0v) is 13.7. The van der Waals surface area contributed by atoms with E-state index < -0.39 is 18.0 Å². The topological polar surface area (TPSA) is 97.6 Å². The van der Waals surface area contributed by atoms with Crippen molar-refractivity contribution in [2.75, 3.05) is 5.32 Å². The zero-order valence-electron chi connectivity index (χ0n) is 13.7. The minimum atomic E-state index is -0.932. The number of furan rings is 1. The number of aryl methyl sites for hydroxylation is 1. The van der Waals surface area contributed by atoms with E-state index in [9.17, 15) is 14.4 Å². The number of esters is 1. The normalized spacial score (nSPS) is 14.2. The Labute approximate surface area is 144 Å². The van der Waals surface area contributed by atoms with Crippen molar-refractivity contribution in [1.82, 2.24) is 5.32 Å². The van der Waals surface area contributed by atoms with Gasteiger partial charge in [0.1, 0.15) is 5.76 Å². The molecule has 3 rings (SSSR count). The molecule has 25 heavy (non-hydrogen) atoms. The molecule has 7 nitrogen and oxygen atoms in total. The molecule has 1 aromatic carbocycles. The SMILES string of the molecule is C[C@@H](OC(=O)c1ccc2c(c1)CCC(=O)N2)C(=O)NCc1ccco1. The first kappa shape index (κ1) is 16.8. The van der Waals surface area contributed by atoms with E-state index in [-0.39, 0.29) is 12.5 Å². The number of anilines is 1. The standard InChI is InChI=1S/C18H18N2O5/c1-11(17(22)19-10-14-3-2-8-24-14)25-18(23)13-4-6-15-12(9-13)5-7-16(21)20-15/h2-4,6,8-9,11H,5,7,10H2,1H3,(H,19,22)(H,20,21)/t11-/m1/s1. The van der Waals surface area contributed by atoms with E-state index in [1.54, 1.807) is 30.3 Å². The Kier molecular flexibility index (Phi) is 4.83. The van der Waals surface area contributed by atoms with Crippen LogP contribution < -0.4 is 10.6 Å². The highest BCUT2D eigenvalue weighted by Gasteiger charge is 2.21. The molecule has 2 N–H and O–H groups in total. The van der Waals surface area contributed by atoms with Gasteiger partial charge in [-0.1, -0.05) is 0 Å². The average Bonchev–Trinajstić information content (AvgIpc) is 3.12. The van der Waals surface area contributed by atoms with Crippen molar-refractivity contribution in [2.24, 2.45) is 0 Å². The van der Waals surface area contributed by atoms with Gasteiger partial charge in [0.25, 0.3) is 5.91 Å². The molecule has 2 amide bonds. The predicted molar refractivity (Wildman–Crippen MR) is 88.8 cm³/mol.